The van der Waals surface area contributed by atoms with Gasteiger partial charge in [0, 0.05) is 10.5 Å². The van der Waals surface area contributed by atoms with E-state index in [4.69, 9.17) is 0 Å². The first kappa shape index (κ1) is 15.8. The Morgan fingerprint density at radius 3 is 2.70 bits per heavy atom. The Bertz CT molecular complexity index is 430. The zero-order valence-corrected chi connectivity index (χ0v) is 13.9. The first-order chi connectivity index (χ1) is 9.60. The maximum atomic E-state index is 13.8. The first-order valence-corrected chi connectivity index (χ1v) is 8.33. The van der Waals surface area contributed by atoms with Crippen LogP contribution in [-0.2, 0) is 0 Å². The van der Waals surface area contributed by atoms with E-state index in [1.54, 1.807) is 0 Å². The highest BCUT2D eigenvalue weighted by molar-refractivity contribution is 9.10. The summed E-state index contributed by atoms with van der Waals surface area (Å²) in [5.41, 5.74) is 0.608. The molecule has 0 saturated carbocycles. The van der Waals surface area contributed by atoms with E-state index in [0.29, 0.717) is 17.6 Å². The molecule has 1 unspecified atom stereocenters. The van der Waals surface area contributed by atoms with E-state index >= 15 is 0 Å². The number of hydrogen-bond acceptors (Lipinski definition) is 2. The predicted molar refractivity (Wildman–Crippen MR) is 86.6 cm³/mol. The lowest BCUT2D eigenvalue weighted by Gasteiger charge is -2.35. The van der Waals surface area contributed by atoms with Crippen LogP contribution in [-0.4, -0.2) is 30.6 Å². The lowest BCUT2D eigenvalue weighted by atomic mass is 9.90. The normalized spacial score (nSPS) is 19.0. The van der Waals surface area contributed by atoms with E-state index in [1.807, 2.05) is 12.1 Å². The average Bonchev–Trinajstić information content (AvgIpc) is 2.43. The van der Waals surface area contributed by atoms with Gasteiger partial charge in [0.05, 0.1) is 5.69 Å². The molecule has 1 aliphatic heterocycles. The molecule has 1 aromatic rings. The SMILES string of the molecule is CCCN1CCC(C(C)Nc2ccc(Br)cc2F)CC1. The van der Waals surface area contributed by atoms with E-state index in [-0.39, 0.29) is 5.82 Å². The largest absolute Gasteiger partial charge is 0.380 e. The molecule has 20 heavy (non-hydrogen) atoms. The van der Waals surface area contributed by atoms with Gasteiger partial charge in [-0.3, -0.25) is 0 Å². The van der Waals surface area contributed by atoms with Crippen LogP contribution in [0.3, 0.4) is 0 Å². The molecular weight excluding hydrogens is 319 g/mol. The van der Waals surface area contributed by atoms with Gasteiger partial charge >= 0.3 is 0 Å². The lowest BCUT2D eigenvalue weighted by Crippen LogP contribution is -2.39. The van der Waals surface area contributed by atoms with Crippen molar-refractivity contribution in [1.82, 2.24) is 4.90 Å². The van der Waals surface area contributed by atoms with Crippen LogP contribution < -0.4 is 5.32 Å². The fraction of sp³-hybridized carbons (Fsp3) is 0.625. The molecule has 1 aliphatic rings. The second-order valence-electron chi connectivity index (χ2n) is 5.74. The topological polar surface area (TPSA) is 15.3 Å². The van der Waals surface area contributed by atoms with Gasteiger partial charge in [-0.1, -0.05) is 22.9 Å². The van der Waals surface area contributed by atoms with E-state index < -0.39 is 0 Å². The molecule has 0 bridgehead atoms. The molecule has 112 valence electrons. The summed E-state index contributed by atoms with van der Waals surface area (Å²) in [5, 5.41) is 3.34. The molecule has 1 atom stereocenters. The highest BCUT2D eigenvalue weighted by Crippen LogP contribution is 2.25. The third kappa shape index (κ3) is 4.19. The minimum Gasteiger partial charge on any atom is -0.380 e. The van der Waals surface area contributed by atoms with Gasteiger partial charge in [-0.2, -0.15) is 0 Å². The smallest absolute Gasteiger partial charge is 0.147 e. The van der Waals surface area contributed by atoms with Crippen molar-refractivity contribution in [3.8, 4) is 0 Å². The molecule has 0 spiro atoms. The molecular formula is C16H24BrFN2. The predicted octanol–water partition coefficient (Wildman–Crippen LogP) is 4.51. The van der Waals surface area contributed by atoms with Crippen LogP contribution >= 0.6 is 15.9 Å². The van der Waals surface area contributed by atoms with Gasteiger partial charge < -0.3 is 10.2 Å². The summed E-state index contributed by atoms with van der Waals surface area (Å²) < 4.78 is 14.6. The Hall–Kier alpha value is -0.610. The van der Waals surface area contributed by atoms with Crippen LogP contribution in [0, 0.1) is 11.7 Å². The van der Waals surface area contributed by atoms with Crippen LogP contribution in [0.1, 0.15) is 33.1 Å². The van der Waals surface area contributed by atoms with Crippen molar-refractivity contribution in [1.29, 1.82) is 0 Å². The molecule has 1 aromatic carbocycles. The third-order valence-electron chi connectivity index (χ3n) is 4.19. The number of nitrogens with one attached hydrogen (secondary N) is 1. The summed E-state index contributed by atoms with van der Waals surface area (Å²) in [6, 6.07) is 5.51. The Morgan fingerprint density at radius 1 is 1.40 bits per heavy atom. The number of nitrogens with zero attached hydrogens (tertiary/aromatic N) is 1. The van der Waals surface area contributed by atoms with Crippen molar-refractivity contribution >= 4 is 21.6 Å². The second kappa shape index (κ2) is 7.41. The van der Waals surface area contributed by atoms with E-state index in [1.165, 1.54) is 45.0 Å². The number of benzene rings is 1. The molecule has 4 heteroatoms. The van der Waals surface area contributed by atoms with E-state index in [9.17, 15) is 4.39 Å². The molecule has 0 radical (unpaired) electrons. The van der Waals surface area contributed by atoms with Gasteiger partial charge in [-0.25, -0.2) is 4.39 Å². The van der Waals surface area contributed by atoms with Crippen molar-refractivity contribution in [3.63, 3.8) is 0 Å². The molecule has 0 aromatic heterocycles. The number of hydrogen-bond donors (Lipinski definition) is 1. The monoisotopic (exact) mass is 342 g/mol. The number of likely N-dealkylation sites (tertiary alicyclic amines) is 1. The Balaban J connectivity index is 1.87. The molecule has 2 nitrogen and oxygen atoms in total. The Morgan fingerprint density at radius 2 is 2.10 bits per heavy atom. The standard InChI is InChI=1S/C16H24BrFN2/c1-3-8-20-9-6-13(7-10-20)12(2)19-16-5-4-14(17)11-15(16)18/h4-5,11-13,19H,3,6-10H2,1-2H3. The summed E-state index contributed by atoms with van der Waals surface area (Å²) in [7, 11) is 0. The van der Waals surface area contributed by atoms with E-state index in [2.05, 4.69) is 40.0 Å². The van der Waals surface area contributed by atoms with Gasteiger partial charge in [0.25, 0.3) is 0 Å². The quantitative estimate of drug-likeness (QED) is 0.846. The summed E-state index contributed by atoms with van der Waals surface area (Å²) in [4.78, 5) is 2.53. The average molecular weight is 343 g/mol. The van der Waals surface area contributed by atoms with Crippen LogP contribution in [0.2, 0.25) is 0 Å². The van der Waals surface area contributed by atoms with Crippen LogP contribution in [0.25, 0.3) is 0 Å². The van der Waals surface area contributed by atoms with Crippen LogP contribution in [0.5, 0.6) is 0 Å². The van der Waals surface area contributed by atoms with Crippen molar-refractivity contribution in [2.24, 2.45) is 5.92 Å². The van der Waals surface area contributed by atoms with Gasteiger partial charge in [0.15, 0.2) is 0 Å². The zero-order chi connectivity index (χ0) is 14.5. The van der Waals surface area contributed by atoms with Gasteiger partial charge in [-0.05, 0) is 69.9 Å². The number of rotatable bonds is 5. The van der Waals surface area contributed by atoms with Crippen LogP contribution in [0.15, 0.2) is 22.7 Å². The van der Waals surface area contributed by atoms with Gasteiger partial charge in [0.2, 0.25) is 0 Å². The molecule has 0 amide bonds. The number of anilines is 1. The zero-order valence-electron chi connectivity index (χ0n) is 12.3. The van der Waals surface area contributed by atoms with E-state index in [0.717, 1.165) is 4.47 Å². The molecule has 1 saturated heterocycles. The highest BCUT2D eigenvalue weighted by atomic mass is 79.9. The maximum Gasteiger partial charge on any atom is 0.147 e. The maximum absolute atomic E-state index is 13.8. The summed E-state index contributed by atoms with van der Waals surface area (Å²) in [6.07, 6.45) is 3.63. The molecule has 1 fully saturated rings. The molecule has 0 aliphatic carbocycles. The van der Waals surface area contributed by atoms with Crippen molar-refractivity contribution in [2.75, 3.05) is 25.0 Å². The Kier molecular flexibility index (Phi) is 5.85. The first-order valence-electron chi connectivity index (χ1n) is 7.54. The third-order valence-corrected chi connectivity index (χ3v) is 4.69. The molecule has 2 rings (SSSR count). The second-order valence-corrected chi connectivity index (χ2v) is 6.65. The minimum atomic E-state index is -0.186. The summed E-state index contributed by atoms with van der Waals surface area (Å²) >= 11 is 3.29. The highest BCUT2D eigenvalue weighted by Gasteiger charge is 2.23. The van der Waals surface area contributed by atoms with Crippen molar-refractivity contribution in [2.45, 2.75) is 39.2 Å². The Labute approximate surface area is 129 Å². The van der Waals surface area contributed by atoms with Gasteiger partial charge in [0.1, 0.15) is 5.82 Å². The minimum absolute atomic E-state index is 0.186. The fourth-order valence-corrected chi connectivity index (χ4v) is 3.30. The van der Waals surface area contributed by atoms with Gasteiger partial charge in [-0.15, -0.1) is 0 Å². The summed E-state index contributed by atoms with van der Waals surface area (Å²) in [5.74, 6) is 0.445. The van der Waals surface area contributed by atoms with Crippen molar-refractivity contribution in [3.05, 3.63) is 28.5 Å². The molecule has 1 N–H and O–H groups in total. The number of halogens is 2. The molecule has 1 heterocycles. The van der Waals surface area contributed by atoms with Crippen LogP contribution in [0.4, 0.5) is 10.1 Å². The summed E-state index contributed by atoms with van der Waals surface area (Å²) in [6.45, 7) is 7.95. The number of piperidine rings is 1. The lowest BCUT2D eigenvalue weighted by molar-refractivity contribution is 0.176. The fourth-order valence-electron chi connectivity index (χ4n) is 2.96. The van der Waals surface area contributed by atoms with Crippen molar-refractivity contribution < 1.29 is 4.39 Å².